The Balaban J connectivity index is 2.16. The molecule has 1 fully saturated rings. The lowest BCUT2D eigenvalue weighted by atomic mass is 9.77. The summed E-state index contributed by atoms with van der Waals surface area (Å²) >= 11 is 0. The van der Waals surface area contributed by atoms with E-state index in [4.69, 9.17) is 5.73 Å². The van der Waals surface area contributed by atoms with Crippen LogP contribution in [0.3, 0.4) is 0 Å². The Hall–Kier alpha value is -0.860. The summed E-state index contributed by atoms with van der Waals surface area (Å²) in [5.41, 5.74) is 7.73. The number of nitrogens with two attached hydrogens (primary N) is 1. The fraction of sp³-hybridized carbons (Fsp3) is 0.625. The average molecular weight is 246 g/mol. The van der Waals surface area contributed by atoms with Crippen LogP contribution in [0.4, 0.5) is 0 Å². The average Bonchev–Trinajstić information content (AvgIpc) is 2.40. The molecule has 2 nitrogen and oxygen atoms in total. The predicted molar refractivity (Wildman–Crippen MR) is 77.2 cm³/mol. The van der Waals surface area contributed by atoms with E-state index < -0.39 is 0 Å². The van der Waals surface area contributed by atoms with Crippen LogP contribution in [0.5, 0.6) is 0 Å². The Labute approximate surface area is 111 Å². The molecule has 1 aliphatic heterocycles. The summed E-state index contributed by atoms with van der Waals surface area (Å²) in [7, 11) is 0. The van der Waals surface area contributed by atoms with Gasteiger partial charge in [0.1, 0.15) is 0 Å². The monoisotopic (exact) mass is 246 g/mol. The lowest BCUT2D eigenvalue weighted by Crippen LogP contribution is -2.59. The number of hydrogen-bond acceptors (Lipinski definition) is 2. The van der Waals surface area contributed by atoms with Crippen molar-refractivity contribution in [2.45, 2.75) is 52.4 Å². The van der Waals surface area contributed by atoms with Gasteiger partial charge in [0.25, 0.3) is 0 Å². The lowest BCUT2D eigenvalue weighted by Gasteiger charge is -2.49. The van der Waals surface area contributed by atoms with Gasteiger partial charge in [-0.15, -0.1) is 0 Å². The van der Waals surface area contributed by atoms with E-state index in [0.29, 0.717) is 30.0 Å². The number of hydrogen-bond donors (Lipinski definition) is 1. The van der Waals surface area contributed by atoms with Crippen LogP contribution < -0.4 is 5.73 Å². The van der Waals surface area contributed by atoms with Crippen molar-refractivity contribution >= 4 is 0 Å². The van der Waals surface area contributed by atoms with Crippen LogP contribution in [0.1, 0.15) is 33.3 Å². The molecule has 1 unspecified atom stereocenters. The van der Waals surface area contributed by atoms with Crippen LogP contribution in [0, 0.1) is 11.8 Å². The molecule has 0 radical (unpaired) electrons. The minimum Gasteiger partial charge on any atom is -0.327 e. The van der Waals surface area contributed by atoms with Crippen molar-refractivity contribution in [2.75, 3.05) is 0 Å². The van der Waals surface area contributed by atoms with E-state index in [1.54, 1.807) is 0 Å². The standard InChI is InChI=1S/C16H26N2/c1-11-13(3)18(14(4)12(2)16(11)17)10-15-8-6-5-7-9-15/h5-9,11-14,16H,10,17H2,1-4H3/t11-,12+,13-,14-,16?/m0/s1. The second kappa shape index (κ2) is 5.41. The normalized spacial score (nSPS) is 37.7. The molecular weight excluding hydrogens is 220 g/mol. The van der Waals surface area contributed by atoms with Gasteiger partial charge in [0, 0.05) is 24.7 Å². The number of piperidine rings is 1. The van der Waals surface area contributed by atoms with Gasteiger partial charge < -0.3 is 5.73 Å². The fourth-order valence-corrected chi connectivity index (χ4v) is 3.18. The minimum atomic E-state index is 0.321. The largest absolute Gasteiger partial charge is 0.327 e. The Bertz CT molecular complexity index is 360. The van der Waals surface area contributed by atoms with Crippen LogP contribution in [0.2, 0.25) is 0 Å². The molecule has 2 N–H and O–H groups in total. The highest BCUT2D eigenvalue weighted by Gasteiger charge is 2.39. The Kier molecular flexibility index (Phi) is 4.08. The second-order valence-electron chi connectivity index (χ2n) is 5.93. The number of rotatable bonds is 2. The zero-order valence-corrected chi connectivity index (χ0v) is 12.0. The van der Waals surface area contributed by atoms with E-state index in [2.05, 4.69) is 62.9 Å². The molecule has 1 aliphatic rings. The van der Waals surface area contributed by atoms with E-state index in [0.717, 1.165) is 6.54 Å². The smallest absolute Gasteiger partial charge is 0.0239 e. The van der Waals surface area contributed by atoms with Gasteiger partial charge in [-0.25, -0.2) is 0 Å². The van der Waals surface area contributed by atoms with Crippen molar-refractivity contribution in [3.05, 3.63) is 35.9 Å². The summed E-state index contributed by atoms with van der Waals surface area (Å²) < 4.78 is 0. The first-order chi connectivity index (χ1) is 8.52. The zero-order chi connectivity index (χ0) is 13.3. The Morgan fingerprint density at radius 3 is 1.94 bits per heavy atom. The van der Waals surface area contributed by atoms with E-state index in [9.17, 15) is 0 Å². The first-order valence-corrected chi connectivity index (χ1v) is 7.07. The van der Waals surface area contributed by atoms with Gasteiger partial charge in [0.05, 0.1) is 0 Å². The maximum absolute atomic E-state index is 6.33. The first-order valence-electron chi connectivity index (χ1n) is 7.07. The molecule has 0 aromatic heterocycles. The van der Waals surface area contributed by atoms with Crippen molar-refractivity contribution < 1.29 is 0 Å². The van der Waals surface area contributed by atoms with Gasteiger partial charge in [0.15, 0.2) is 0 Å². The van der Waals surface area contributed by atoms with Crippen LogP contribution >= 0.6 is 0 Å². The lowest BCUT2D eigenvalue weighted by molar-refractivity contribution is 0.00588. The van der Waals surface area contributed by atoms with Gasteiger partial charge in [0.2, 0.25) is 0 Å². The van der Waals surface area contributed by atoms with Gasteiger partial charge >= 0.3 is 0 Å². The van der Waals surface area contributed by atoms with Crippen molar-refractivity contribution in [1.29, 1.82) is 0 Å². The van der Waals surface area contributed by atoms with Crippen molar-refractivity contribution in [2.24, 2.45) is 17.6 Å². The van der Waals surface area contributed by atoms with Gasteiger partial charge in [-0.2, -0.15) is 0 Å². The quantitative estimate of drug-likeness (QED) is 0.869. The van der Waals surface area contributed by atoms with E-state index in [1.807, 2.05) is 0 Å². The van der Waals surface area contributed by atoms with Crippen LogP contribution in [-0.4, -0.2) is 23.0 Å². The van der Waals surface area contributed by atoms with Gasteiger partial charge in [-0.1, -0.05) is 44.2 Å². The molecule has 0 aliphatic carbocycles. The fourth-order valence-electron chi connectivity index (χ4n) is 3.18. The molecule has 0 bridgehead atoms. The van der Waals surface area contributed by atoms with E-state index >= 15 is 0 Å². The number of benzene rings is 1. The van der Waals surface area contributed by atoms with Crippen molar-refractivity contribution in [3.8, 4) is 0 Å². The third kappa shape index (κ3) is 2.45. The highest BCUT2D eigenvalue weighted by atomic mass is 15.2. The summed E-state index contributed by atoms with van der Waals surface area (Å²) in [6, 6.07) is 12.2. The maximum Gasteiger partial charge on any atom is 0.0239 e. The molecule has 1 aromatic carbocycles. The molecule has 0 amide bonds. The molecule has 5 atom stereocenters. The Morgan fingerprint density at radius 2 is 1.44 bits per heavy atom. The zero-order valence-electron chi connectivity index (χ0n) is 12.0. The summed E-state index contributed by atoms with van der Waals surface area (Å²) in [5.74, 6) is 1.11. The summed E-state index contributed by atoms with van der Waals surface area (Å²) in [6.07, 6.45) is 0. The summed E-state index contributed by atoms with van der Waals surface area (Å²) in [5, 5.41) is 0. The third-order valence-corrected chi connectivity index (χ3v) is 4.99. The molecule has 1 heterocycles. The molecule has 2 rings (SSSR count). The second-order valence-corrected chi connectivity index (χ2v) is 5.93. The molecule has 1 aromatic rings. The third-order valence-electron chi connectivity index (χ3n) is 4.99. The van der Waals surface area contributed by atoms with Crippen molar-refractivity contribution in [3.63, 3.8) is 0 Å². The topological polar surface area (TPSA) is 29.3 Å². The minimum absolute atomic E-state index is 0.321. The first kappa shape index (κ1) is 13.6. The highest BCUT2D eigenvalue weighted by Crippen LogP contribution is 2.32. The van der Waals surface area contributed by atoms with Crippen LogP contribution in [0.15, 0.2) is 30.3 Å². The summed E-state index contributed by atoms with van der Waals surface area (Å²) in [6.45, 7) is 10.2. The molecule has 1 saturated heterocycles. The number of nitrogens with zero attached hydrogens (tertiary/aromatic N) is 1. The van der Waals surface area contributed by atoms with Gasteiger partial charge in [-0.3, -0.25) is 4.90 Å². The maximum atomic E-state index is 6.33. The van der Waals surface area contributed by atoms with Crippen LogP contribution in [0.25, 0.3) is 0 Å². The molecule has 18 heavy (non-hydrogen) atoms. The molecule has 100 valence electrons. The predicted octanol–water partition coefficient (Wildman–Crippen LogP) is 2.88. The molecular formula is C16H26N2. The van der Waals surface area contributed by atoms with E-state index in [1.165, 1.54) is 5.56 Å². The number of likely N-dealkylation sites (tertiary alicyclic amines) is 1. The Morgan fingerprint density at radius 1 is 0.944 bits per heavy atom. The van der Waals surface area contributed by atoms with Crippen LogP contribution in [-0.2, 0) is 6.54 Å². The molecule has 2 heteroatoms. The van der Waals surface area contributed by atoms with Gasteiger partial charge in [-0.05, 0) is 31.2 Å². The summed E-state index contributed by atoms with van der Waals surface area (Å²) in [4.78, 5) is 2.61. The molecule has 0 spiro atoms. The molecule has 0 saturated carbocycles. The van der Waals surface area contributed by atoms with E-state index in [-0.39, 0.29) is 0 Å². The van der Waals surface area contributed by atoms with Crippen molar-refractivity contribution in [1.82, 2.24) is 4.90 Å². The SMILES string of the molecule is C[C@@H]1C(N)[C@H](C)[C@H](C)N(Cc2ccccc2)[C@H]1C. The highest BCUT2D eigenvalue weighted by molar-refractivity contribution is 5.15.